The smallest absolute Gasteiger partial charge is 0.410 e. The van der Waals surface area contributed by atoms with Gasteiger partial charge in [0.25, 0.3) is 0 Å². The molecule has 0 bridgehead atoms. The third kappa shape index (κ3) is 12.7. The Labute approximate surface area is 304 Å². The molecule has 2 amide bonds. The zero-order valence-corrected chi connectivity index (χ0v) is 30.8. The highest BCUT2D eigenvalue weighted by Gasteiger charge is 2.27. The maximum Gasteiger partial charge on any atom is 0.410 e. The van der Waals surface area contributed by atoms with E-state index in [0.717, 1.165) is 46.5 Å². The van der Waals surface area contributed by atoms with E-state index < -0.39 is 11.2 Å². The lowest BCUT2D eigenvalue weighted by Crippen LogP contribution is -3.00. The number of nitrogen functional groups attached to an aromatic ring is 1. The van der Waals surface area contributed by atoms with Crippen molar-refractivity contribution in [3.8, 4) is 0 Å². The zero-order chi connectivity index (χ0) is 36.5. The summed E-state index contributed by atoms with van der Waals surface area (Å²) in [6, 6.07) is 26.9. The molecule has 51 heavy (non-hydrogen) atoms. The summed E-state index contributed by atoms with van der Waals surface area (Å²) in [5, 5.41) is 8.47. The number of anilines is 1. The van der Waals surface area contributed by atoms with Gasteiger partial charge >= 0.3 is 12.2 Å². The van der Waals surface area contributed by atoms with E-state index in [0.29, 0.717) is 42.9 Å². The number of ether oxygens (including phenoxy) is 2. The van der Waals surface area contributed by atoms with Crippen molar-refractivity contribution < 1.29 is 23.8 Å². The van der Waals surface area contributed by atoms with Crippen molar-refractivity contribution in [1.29, 1.82) is 5.41 Å². The molecule has 0 saturated heterocycles. The molecule has 272 valence electrons. The molecule has 10 nitrogen and oxygen atoms in total. The summed E-state index contributed by atoms with van der Waals surface area (Å²) >= 11 is 5.85. The molecule has 0 aliphatic carbocycles. The summed E-state index contributed by atoms with van der Waals surface area (Å²) in [6.07, 6.45) is 0.891. The van der Waals surface area contributed by atoms with Gasteiger partial charge in [-0.05, 0) is 75.9 Å². The maximum absolute atomic E-state index is 11.9. The Kier molecular flexibility index (Phi) is 14.1. The minimum Gasteiger partial charge on any atom is -1.00 e. The quantitative estimate of drug-likeness (QED) is 0.218. The van der Waals surface area contributed by atoms with Crippen molar-refractivity contribution in [3.63, 3.8) is 0 Å². The molecule has 6 rings (SSSR count). The van der Waals surface area contributed by atoms with Gasteiger partial charge in [-0.15, -0.1) is 0 Å². The van der Waals surface area contributed by atoms with Crippen LogP contribution in [0.25, 0.3) is 0 Å². The highest BCUT2D eigenvalue weighted by molar-refractivity contribution is 6.29. The number of aromatic nitrogens is 2. The molecule has 0 saturated carbocycles. The lowest BCUT2D eigenvalue weighted by atomic mass is 10.0. The van der Waals surface area contributed by atoms with Crippen LogP contribution in [0.5, 0.6) is 0 Å². The largest absolute Gasteiger partial charge is 1.00 e. The number of fused-ring (bicyclic) bond motifs is 2. The average molecular weight is 718 g/mol. The van der Waals surface area contributed by atoms with Crippen LogP contribution in [0.2, 0.25) is 5.15 Å². The SMILES string of the molecule is CC(C)(C)OC(=O)N1CCc2nc(Cl)ccc2C1.CC(C)(C)OC(=O)N1CCc2nc(N)ccc2C1.N=C(c1ccccc1)c1ccccc1.[F-]. The van der Waals surface area contributed by atoms with Gasteiger partial charge in [0.15, 0.2) is 0 Å². The van der Waals surface area contributed by atoms with Crippen molar-refractivity contribution in [2.75, 3.05) is 18.8 Å². The molecule has 0 unspecified atom stereocenters. The first-order valence-corrected chi connectivity index (χ1v) is 17.0. The number of halogens is 2. The molecule has 0 radical (unpaired) electrons. The van der Waals surface area contributed by atoms with Gasteiger partial charge in [-0.3, -0.25) is 5.41 Å². The van der Waals surface area contributed by atoms with Gasteiger partial charge in [0.1, 0.15) is 22.2 Å². The number of nitrogens with zero attached hydrogens (tertiary/aromatic N) is 4. The molecule has 4 aromatic rings. The Morgan fingerprint density at radius 1 is 0.686 bits per heavy atom. The molecule has 2 aliphatic rings. The van der Waals surface area contributed by atoms with Crippen LogP contribution in [0, 0.1) is 5.41 Å². The van der Waals surface area contributed by atoms with E-state index in [2.05, 4.69) is 9.97 Å². The van der Waals surface area contributed by atoms with Gasteiger partial charge in [-0.2, -0.15) is 0 Å². The number of hydrogen-bond acceptors (Lipinski definition) is 8. The van der Waals surface area contributed by atoms with Crippen molar-refractivity contribution in [2.45, 2.75) is 78.7 Å². The van der Waals surface area contributed by atoms with Crippen molar-refractivity contribution in [1.82, 2.24) is 19.8 Å². The Bertz CT molecular complexity index is 1650. The number of pyridine rings is 2. The number of hydrogen-bond donors (Lipinski definition) is 2. The zero-order valence-electron chi connectivity index (χ0n) is 30.1. The molecule has 0 atom stereocenters. The highest BCUT2D eigenvalue weighted by atomic mass is 35.5. The summed E-state index contributed by atoms with van der Waals surface area (Å²) in [5.41, 5.74) is 11.2. The van der Waals surface area contributed by atoms with Gasteiger partial charge in [0.2, 0.25) is 0 Å². The van der Waals surface area contributed by atoms with Gasteiger partial charge in [0, 0.05) is 37.3 Å². The second kappa shape index (κ2) is 17.8. The first-order chi connectivity index (χ1) is 23.6. The minimum absolute atomic E-state index is 0. The van der Waals surface area contributed by atoms with Crippen LogP contribution in [0.4, 0.5) is 15.4 Å². The molecule has 2 aromatic heterocycles. The van der Waals surface area contributed by atoms with E-state index in [1.807, 2.05) is 114 Å². The fraction of sp³-hybridized carbons (Fsp3) is 0.359. The summed E-state index contributed by atoms with van der Waals surface area (Å²) in [4.78, 5) is 35.8. The first-order valence-electron chi connectivity index (χ1n) is 16.6. The molecular weight excluding hydrogens is 671 g/mol. The Morgan fingerprint density at radius 2 is 1.10 bits per heavy atom. The van der Waals surface area contributed by atoms with Crippen LogP contribution in [0.15, 0.2) is 84.9 Å². The topological polar surface area (TPSA) is 135 Å². The van der Waals surface area contributed by atoms with E-state index in [1.54, 1.807) is 21.9 Å². The van der Waals surface area contributed by atoms with E-state index >= 15 is 0 Å². The van der Waals surface area contributed by atoms with Crippen LogP contribution >= 0.6 is 11.6 Å². The minimum atomic E-state index is -0.463. The fourth-order valence-corrected chi connectivity index (χ4v) is 5.33. The maximum atomic E-state index is 11.9. The number of carbonyl (C=O) groups excluding carboxylic acids is 2. The van der Waals surface area contributed by atoms with E-state index in [4.69, 9.17) is 32.2 Å². The van der Waals surface area contributed by atoms with E-state index in [1.165, 1.54) is 0 Å². The van der Waals surface area contributed by atoms with Crippen molar-refractivity contribution in [3.05, 3.63) is 124 Å². The predicted molar refractivity (Wildman–Crippen MR) is 197 cm³/mol. The molecule has 0 fully saturated rings. The van der Waals surface area contributed by atoms with Crippen LogP contribution in [-0.2, 0) is 35.4 Å². The van der Waals surface area contributed by atoms with Gasteiger partial charge in [-0.1, -0.05) is 84.4 Å². The van der Waals surface area contributed by atoms with Gasteiger partial charge < -0.3 is 29.7 Å². The number of nitrogens with two attached hydrogens (primary N) is 1. The molecular formula is C39H47ClFN6O4-. The second-order valence-electron chi connectivity index (χ2n) is 14.0. The van der Waals surface area contributed by atoms with Crippen LogP contribution in [-0.4, -0.2) is 62.0 Å². The molecule has 2 aromatic carbocycles. The predicted octanol–water partition coefficient (Wildman–Crippen LogP) is 5.09. The number of carbonyl (C=O) groups is 2. The summed E-state index contributed by atoms with van der Waals surface area (Å²) in [6.45, 7) is 13.5. The highest BCUT2D eigenvalue weighted by Crippen LogP contribution is 2.22. The van der Waals surface area contributed by atoms with Gasteiger partial charge in [-0.25, -0.2) is 19.6 Å². The first kappa shape index (κ1) is 40.4. The van der Waals surface area contributed by atoms with Gasteiger partial charge in [0.05, 0.1) is 18.8 Å². The number of amides is 2. The molecule has 4 heterocycles. The summed E-state index contributed by atoms with van der Waals surface area (Å²) in [7, 11) is 0. The number of nitrogens with one attached hydrogen (secondary N) is 1. The summed E-state index contributed by atoms with van der Waals surface area (Å²) < 4.78 is 10.7. The summed E-state index contributed by atoms with van der Waals surface area (Å²) in [5.74, 6) is 0.527. The Morgan fingerprint density at radius 3 is 1.53 bits per heavy atom. The van der Waals surface area contributed by atoms with Crippen molar-refractivity contribution in [2.24, 2.45) is 0 Å². The van der Waals surface area contributed by atoms with Crippen LogP contribution in [0.3, 0.4) is 0 Å². The fourth-order valence-electron chi connectivity index (χ4n) is 5.16. The number of rotatable bonds is 2. The lowest BCUT2D eigenvalue weighted by molar-refractivity contribution is -0.0000973. The molecule has 3 N–H and O–H groups in total. The standard InChI is InChI=1S/C13H17ClN2O2.C13H19N3O2.C13H11N.FH/c2*1-13(2,3)18-12(17)16-7-6-10-9(8-16)4-5-11(14)15-10;14-13(11-7-3-1-4-8-11)12-9-5-2-6-10-12;/h4-5H,6-8H2,1-3H3;4-5H,6-8H2,1-3H3,(H2,14,15);1-10,14H;1H/p-1. The third-order valence-corrected chi connectivity index (χ3v) is 7.72. The third-order valence-electron chi connectivity index (χ3n) is 7.51. The molecule has 2 aliphatic heterocycles. The monoisotopic (exact) mass is 717 g/mol. The lowest BCUT2D eigenvalue weighted by Gasteiger charge is -2.30. The Balaban J connectivity index is 0.000000206. The van der Waals surface area contributed by atoms with Crippen LogP contribution in [0.1, 0.15) is 75.2 Å². The number of benzene rings is 2. The molecule has 0 spiro atoms. The van der Waals surface area contributed by atoms with E-state index in [-0.39, 0.29) is 16.9 Å². The molecule has 12 heteroatoms. The average Bonchev–Trinajstić information content (AvgIpc) is 3.07. The second-order valence-corrected chi connectivity index (χ2v) is 14.4. The van der Waals surface area contributed by atoms with Crippen LogP contribution < -0.4 is 10.4 Å². The Hall–Kier alpha value is -5.03. The van der Waals surface area contributed by atoms with E-state index in [9.17, 15) is 9.59 Å². The van der Waals surface area contributed by atoms with Crippen molar-refractivity contribution >= 4 is 35.3 Å². The normalized spacial score (nSPS) is 13.4.